The van der Waals surface area contributed by atoms with Gasteiger partial charge in [0.15, 0.2) is 0 Å². The molecule has 33 heavy (non-hydrogen) atoms. The lowest BCUT2D eigenvalue weighted by molar-refractivity contribution is -0.160. The third-order valence-electron chi connectivity index (χ3n) is 4.96. The summed E-state index contributed by atoms with van der Waals surface area (Å²) in [4.78, 5) is 43.5. The number of ether oxygens (including phenoxy) is 1. The molecule has 0 aromatic rings. The number of carboxylic acids is 2. The van der Waals surface area contributed by atoms with E-state index < -0.39 is 36.0 Å². The van der Waals surface area contributed by atoms with Gasteiger partial charge in [0.25, 0.3) is 0 Å². The minimum Gasteiger partial charge on any atom is -0.481 e. The van der Waals surface area contributed by atoms with Crippen LogP contribution in [0.1, 0.15) is 103 Å². The summed E-state index contributed by atoms with van der Waals surface area (Å²) >= 11 is 0. The van der Waals surface area contributed by atoms with Crippen molar-refractivity contribution in [2.24, 2.45) is 17.2 Å². The molecular weight excluding hydrogens is 430 g/mol. The first kappa shape index (κ1) is 33.1. The van der Waals surface area contributed by atoms with Crippen LogP contribution >= 0.6 is 0 Å². The van der Waals surface area contributed by atoms with Crippen molar-refractivity contribution in [1.82, 2.24) is 0 Å². The molecule has 10 heteroatoms. The van der Waals surface area contributed by atoms with Gasteiger partial charge in [-0.15, -0.1) is 0 Å². The van der Waals surface area contributed by atoms with Crippen LogP contribution < -0.4 is 17.2 Å². The predicted molar refractivity (Wildman–Crippen MR) is 126 cm³/mol. The summed E-state index contributed by atoms with van der Waals surface area (Å²) in [5.74, 6) is -3.39. The maximum absolute atomic E-state index is 11.5. The number of rotatable bonds is 19. The number of nitrogens with two attached hydrogens (primary N) is 3. The Hall–Kier alpha value is -2.04. The van der Waals surface area contributed by atoms with Crippen LogP contribution in [0.25, 0.3) is 0 Å². The Labute approximate surface area is 197 Å². The van der Waals surface area contributed by atoms with E-state index in [1.54, 1.807) is 0 Å². The van der Waals surface area contributed by atoms with Crippen molar-refractivity contribution in [2.75, 3.05) is 6.54 Å². The highest BCUT2D eigenvalue weighted by molar-refractivity contribution is 5.88. The topological polar surface area (TPSA) is 196 Å². The van der Waals surface area contributed by atoms with Crippen molar-refractivity contribution < 1.29 is 34.1 Å². The monoisotopic (exact) mass is 475 g/mol. The van der Waals surface area contributed by atoms with E-state index in [2.05, 4.69) is 11.7 Å². The third-order valence-corrected chi connectivity index (χ3v) is 4.96. The fourth-order valence-corrected chi connectivity index (χ4v) is 2.85. The quantitative estimate of drug-likeness (QED) is 0.105. The normalized spacial score (nSPS) is 12.2. The molecule has 0 aliphatic carbocycles. The van der Waals surface area contributed by atoms with Crippen molar-refractivity contribution in [2.45, 2.75) is 115 Å². The first-order valence-electron chi connectivity index (χ1n) is 12.1. The summed E-state index contributed by atoms with van der Waals surface area (Å²) in [5.41, 5.74) is 15.9. The van der Waals surface area contributed by atoms with Gasteiger partial charge in [0.2, 0.25) is 0 Å². The maximum atomic E-state index is 11.5. The van der Waals surface area contributed by atoms with E-state index in [4.69, 9.17) is 27.4 Å². The molecule has 2 atom stereocenters. The second-order valence-electron chi connectivity index (χ2n) is 8.14. The standard InChI is InChI=1S/C17H31NO5.C6H14N2O2/c1-2-3-4-5-6-7-8-9-10-11-16(21)23-17(22)14(18)12-13-15(19)20;7-4-2-1-3-5(8)6(9)10/h14H,2-13,18H2,1H3,(H,19,20);5H,1-4,7-8H2,(H,9,10)/t14-;5-/m00/s1. The molecule has 0 aliphatic heterocycles. The van der Waals surface area contributed by atoms with Gasteiger partial charge in [0.05, 0.1) is 0 Å². The van der Waals surface area contributed by atoms with Gasteiger partial charge in [-0.3, -0.25) is 14.4 Å². The van der Waals surface area contributed by atoms with E-state index in [0.29, 0.717) is 19.4 Å². The zero-order valence-corrected chi connectivity index (χ0v) is 20.1. The number of unbranched alkanes of at least 4 members (excludes halogenated alkanes) is 9. The molecule has 0 aromatic carbocycles. The van der Waals surface area contributed by atoms with Crippen molar-refractivity contribution in [3.05, 3.63) is 0 Å². The number of hydrogen-bond acceptors (Lipinski definition) is 8. The van der Waals surface area contributed by atoms with Gasteiger partial charge < -0.3 is 32.2 Å². The van der Waals surface area contributed by atoms with Gasteiger partial charge in [0.1, 0.15) is 12.1 Å². The Morgan fingerprint density at radius 3 is 1.76 bits per heavy atom. The van der Waals surface area contributed by atoms with E-state index in [1.165, 1.54) is 38.5 Å². The van der Waals surface area contributed by atoms with Crippen molar-refractivity contribution in [3.8, 4) is 0 Å². The number of carbonyl (C=O) groups is 4. The molecule has 0 radical (unpaired) electrons. The summed E-state index contributed by atoms with van der Waals surface area (Å²) in [7, 11) is 0. The lowest BCUT2D eigenvalue weighted by Crippen LogP contribution is -2.34. The highest BCUT2D eigenvalue weighted by Gasteiger charge is 2.19. The summed E-state index contributed by atoms with van der Waals surface area (Å²) in [6.07, 6.45) is 12.4. The molecule has 0 spiro atoms. The fourth-order valence-electron chi connectivity index (χ4n) is 2.85. The van der Waals surface area contributed by atoms with Crippen LogP contribution in [0.3, 0.4) is 0 Å². The van der Waals surface area contributed by atoms with Crippen molar-refractivity contribution >= 4 is 23.9 Å². The Balaban J connectivity index is 0. The summed E-state index contributed by atoms with van der Waals surface area (Å²) in [6, 6.07) is -1.77. The van der Waals surface area contributed by atoms with Crippen LogP contribution in [-0.4, -0.2) is 52.7 Å². The molecule has 0 bridgehead atoms. The van der Waals surface area contributed by atoms with E-state index in [-0.39, 0.29) is 19.3 Å². The molecular formula is C23H45N3O7. The Kier molecular flexibility index (Phi) is 23.2. The maximum Gasteiger partial charge on any atom is 0.330 e. The molecule has 10 nitrogen and oxygen atoms in total. The van der Waals surface area contributed by atoms with Gasteiger partial charge in [-0.05, 0) is 32.2 Å². The van der Waals surface area contributed by atoms with Crippen LogP contribution in [0.5, 0.6) is 0 Å². The third kappa shape index (κ3) is 24.4. The van der Waals surface area contributed by atoms with Crippen LogP contribution in [0, 0.1) is 0 Å². The van der Waals surface area contributed by atoms with Gasteiger partial charge in [0, 0.05) is 12.8 Å². The zero-order valence-electron chi connectivity index (χ0n) is 20.1. The highest BCUT2D eigenvalue weighted by Crippen LogP contribution is 2.11. The summed E-state index contributed by atoms with van der Waals surface area (Å²) < 4.78 is 4.62. The Morgan fingerprint density at radius 1 is 0.727 bits per heavy atom. The van der Waals surface area contributed by atoms with Gasteiger partial charge in [-0.1, -0.05) is 64.7 Å². The molecule has 0 saturated carbocycles. The summed E-state index contributed by atoms with van der Waals surface area (Å²) in [6.45, 7) is 2.80. The smallest absolute Gasteiger partial charge is 0.330 e. The molecule has 8 N–H and O–H groups in total. The lowest BCUT2D eigenvalue weighted by atomic mass is 10.1. The molecule has 0 saturated heterocycles. The number of hydrogen-bond donors (Lipinski definition) is 5. The number of carbonyl (C=O) groups excluding carboxylic acids is 2. The molecule has 0 aliphatic rings. The van der Waals surface area contributed by atoms with Gasteiger partial charge >= 0.3 is 23.9 Å². The fraction of sp³-hybridized carbons (Fsp3) is 0.826. The first-order valence-corrected chi connectivity index (χ1v) is 12.1. The van der Waals surface area contributed by atoms with E-state index >= 15 is 0 Å². The van der Waals surface area contributed by atoms with E-state index in [0.717, 1.165) is 25.7 Å². The van der Waals surface area contributed by atoms with Crippen LogP contribution in [0.15, 0.2) is 0 Å². The average molecular weight is 476 g/mol. The number of aliphatic carboxylic acids is 2. The predicted octanol–water partition coefficient (Wildman–Crippen LogP) is 2.70. The Bertz CT molecular complexity index is 544. The van der Waals surface area contributed by atoms with E-state index in [1.807, 2.05) is 0 Å². The molecule has 0 aromatic heterocycles. The lowest BCUT2D eigenvalue weighted by Gasteiger charge is -2.09. The first-order chi connectivity index (χ1) is 15.6. The molecule has 0 heterocycles. The minimum absolute atomic E-state index is 0.0283. The van der Waals surface area contributed by atoms with Crippen LogP contribution in [0.4, 0.5) is 0 Å². The minimum atomic E-state index is -1.06. The van der Waals surface area contributed by atoms with Crippen molar-refractivity contribution in [3.63, 3.8) is 0 Å². The highest BCUT2D eigenvalue weighted by atomic mass is 16.6. The van der Waals surface area contributed by atoms with Crippen molar-refractivity contribution in [1.29, 1.82) is 0 Å². The number of carboxylic acid groups (broad SMARTS) is 2. The second kappa shape index (κ2) is 23.1. The summed E-state index contributed by atoms with van der Waals surface area (Å²) in [5, 5.41) is 16.8. The molecule has 194 valence electrons. The number of esters is 2. The zero-order chi connectivity index (χ0) is 25.5. The molecule has 0 amide bonds. The van der Waals surface area contributed by atoms with Crippen LogP contribution in [0.2, 0.25) is 0 Å². The van der Waals surface area contributed by atoms with E-state index in [9.17, 15) is 19.2 Å². The average Bonchev–Trinajstić information content (AvgIpc) is 2.76. The van der Waals surface area contributed by atoms with Gasteiger partial charge in [-0.25, -0.2) is 4.79 Å². The van der Waals surface area contributed by atoms with Gasteiger partial charge in [-0.2, -0.15) is 0 Å². The molecule has 0 unspecified atom stereocenters. The SMILES string of the molecule is CCCCCCCCCCCC(=O)OC(=O)[C@@H](N)CCC(=O)O.NCCCC[C@H](N)C(=O)O. The second-order valence-corrected chi connectivity index (χ2v) is 8.14. The van der Waals surface area contributed by atoms with Crippen LogP contribution in [-0.2, 0) is 23.9 Å². The Morgan fingerprint density at radius 2 is 1.27 bits per heavy atom. The molecule has 0 fully saturated rings. The largest absolute Gasteiger partial charge is 0.481 e. The molecule has 0 rings (SSSR count).